The highest BCUT2D eigenvalue weighted by Gasteiger charge is 2.12. The number of carbonyl (C=O) groups is 1. The molecule has 0 aliphatic carbocycles. The molecule has 2 heterocycles. The summed E-state index contributed by atoms with van der Waals surface area (Å²) in [6.07, 6.45) is 0.820. The lowest BCUT2D eigenvalue weighted by molar-refractivity contribution is 0.0944. The van der Waals surface area contributed by atoms with Crippen molar-refractivity contribution >= 4 is 29.2 Å². The van der Waals surface area contributed by atoms with Crippen LogP contribution in [0.1, 0.15) is 29.0 Å². The molecule has 0 fully saturated rings. The first kappa shape index (κ1) is 13.0. The number of nitrogens with one attached hydrogen (secondary N) is 1. The molecule has 0 aliphatic heterocycles. The van der Waals surface area contributed by atoms with Crippen molar-refractivity contribution in [3.05, 3.63) is 23.3 Å². The van der Waals surface area contributed by atoms with Crippen LogP contribution >= 0.6 is 23.3 Å². The normalized spacial score (nSPS) is 10.6. The third kappa shape index (κ3) is 3.06. The van der Waals surface area contributed by atoms with Crippen LogP contribution in [-0.2, 0) is 12.2 Å². The van der Waals surface area contributed by atoms with Crippen LogP contribution in [-0.4, -0.2) is 20.4 Å². The standard InChI is InChI=1S/C9H11N5O2S2/c1-2-7-11-9(18-14-7)17-4-5-3-6(13-16-5)8(15)12-10/h3H,2,4,10H2,1H3,(H,12,15). The van der Waals surface area contributed by atoms with Gasteiger partial charge in [-0.2, -0.15) is 4.37 Å². The Kier molecular flexibility index (Phi) is 4.28. The molecule has 2 aromatic heterocycles. The molecule has 2 rings (SSSR count). The van der Waals surface area contributed by atoms with Gasteiger partial charge in [-0.25, -0.2) is 10.8 Å². The van der Waals surface area contributed by atoms with Gasteiger partial charge in [0.05, 0.1) is 5.75 Å². The number of hydrogen-bond acceptors (Lipinski definition) is 8. The second-order valence-corrected chi connectivity index (χ2v) is 5.24. The Labute approximate surface area is 111 Å². The number of carbonyl (C=O) groups excluding carboxylic acids is 1. The van der Waals surface area contributed by atoms with E-state index in [2.05, 4.69) is 14.5 Å². The van der Waals surface area contributed by atoms with Crippen LogP contribution in [0.15, 0.2) is 14.9 Å². The Morgan fingerprint density at radius 2 is 2.50 bits per heavy atom. The van der Waals surface area contributed by atoms with Crippen molar-refractivity contribution in [1.29, 1.82) is 0 Å². The number of amides is 1. The number of hydrazine groups is 1. The lowest BCUT2D eigenvalue weighted by Gasteiger charge is -1.90. The molecule has 0 spiro atoms. The summed E-state index contributed by atoms with van der Waals surface area (Å²) in [5.41, 5.74) is 2.16. The van der Waals surface area contributed by atoms with Crippen molar-refractivity contribution in [2.45, 2.75) is 23.4 Å². The van der Waals surface area contributed by atoms with Gasteiger partial charge >= 0.3 is 0 Å². The monoisotopic (exact) mass is 285 g/mol. The van der Waals surface area contributed by atoms with Crippen molar-refractivity contribution in [3.8, 4) is 0 Å². The first-order valence-corrected chi connectivity index (χ1v) is 6.90. The van der Waals surface area contributed by atoms with E-state index in [0.717, 1.165) is 16.6 Å². The summed E-state index contributed by atoms with van der Waals surface area (Å²) in [6.45, 7) is 2.00. The Hall–Kier alpha value is -1.45. The molecule has 0 bridgehead atoms. The molecule has 96 valence electrons. The second-order valence-electron chi connectivity index (χ2n) is 3.27. The predicted octanol–water partition coefficient (Wildman–Crippen LogP) is 0.984. The topological polar surface area (TPSA) is 107 Å². The summed E-state index contributed by atoms with van der Waals surface area (Å²) >= 11 is 2.84. The maximum absolute atomic E-state index is 11.2. The molecule has 7 nitrogen and oxygen atoms in total. The number of hydrogen-bond donors (Lipinski definition) is 2. The lowest BCUT2D eigenvalue weighted by atomic mass is 10.4. The van der Waals surface area contributed by atoms with E-state index in [1.165, 1.54) is 23.3 Å². The van der Waals surface area contributed by atoms with E-state index in [1.807, 2.05) is 12.3 Å². The molecular weight excluding hydrogens is 274 g/mol. The van der Waals surface area contributed by atoms with Crippen LogP contribution < -0.4 is 11.3 Å². The van der Waals surface area contributed by atoms with Gasteiger partial charge < -0.3 is 4.52 Å². The molecule has 0 unspecified atom stereocenters. The molecular formula is C9H11N5O2S2. The number of nitrogen functional groups attached to an aromatic ring is 1. The predicted molar refractivity (Wildman–Crippen MR) is 67.0 cm³/mol. The lowest BCUT2D eigenvalue weighted by Crippen LogP contribution is -2.30. The van der Waals surface area contributed by atoms with E-state index in [-0.39, 0.29) is 5.69 Å². The third-order valence-corrected chi connectivity index (χ3v) is 3.92. The van der Waals surface area contributed by atoms with Crippen molar-refractivity contribution in [2.24, 2.45) is 5.84 Å². The van der Waals surface area contributed by atoms with Crippen molar-refractivity contribution in [2.75, 3.05) is 0 Å². The summed E-state index contributed by atoms with van der Waals surface area (Å²) < 4.78 is 10.1. The first-order chi connectivity index (χ1) is 8.72. The van der Waals surface area contributed by atoms with E-state index in [4.69, 9.17) is 10.4 Å². The first-order valence-electron chi connectivity index (χ1n) is 5.14. The number of aromatic nitrogens is 3. The zero-order valence-corrected chi connectivity index (χ0v) is 11.2. The minimum absolute atomic E-state index is 0.166. The van der Waals surface area contributed by atoms with Crippen LogP contribution in [0.4, 0.5) is 0 Å². The minimum atomic E-state index is -0.473. The molecule has 18 heavy (non-hydrogen) atoms. The highest BCUT2D eigenvalue weighted by Crippen LogP contribution is 2.24. The van der Waals surface area contributed by atoms with E-state index in [0.29, 0.717) is 11.5 Å². The van der Waals surface area contributed by atoms with Gasteiger partial charge in [0.15, 0.2) is 10.0 Å². The van der Waals surface area contributed by atoms with Gasteiger partial charge in [-0.3, -0.25) is 10.2 Å². The average Bonchev–Trinajstić information content (AvgIpc) is 3.04. The van der Waals surface area contributed by atoms with E-state index in [1.54, 1.807) is 6.07 Å². The fourth-order valence-electron chi connectivity index (χ4n) is 1.13. The molecule has 2 aromatic rings. The molecule has 0 radical (unpaired) electrons. The molecule has 1 amide bonds. The SMILES string of the molecule is CCc1nsc(SCc2cc(C(=O)NN)no2)n1. The van der Waals surface area contributed by atoms with Crippen molar-refractivity contribution in [1.82, 2.24) is 19.9 Å². The molecule has 0 saturated heterocycles. The quantitative estimate of drug-likeness (QED) is 0.365. The van der Waals surface area contributed by atoms with Gasteiger partial charge in [0, 0.05) is 12.5 Å². The van der Waals surface area contributed by atoms with Gasteiger partial charge in [0.1, 0.15) is 11.6 Å². The fourth-order valence-corrected chi connectivity index (χ4v) is 2.71. The zero-order valence-electron chi connectivity index (χ0n) is 9.54. The maximum Gasteiger partial charge on any atom is 0.287 e. The van der Waals surface area contributed by atoms with Crippen LogP contribution in [0.2, 0.25) is 0 Å². The summed E-state index contributed by atoms with van der Waals surface area (Å²) in [7, 11) is 0. The number of aryl methyl sites for hydroxylation is 1. The fraction of sp³-hybridized carbons (Fsp3) is 0.333. The van der Waals surface area contributed by atoms with E-state index in [9.17, 15) is 4.79 Å². The molecule has 9 heteroatoms. The Morgan fingerprint density at radius 3 is 3.17 bits per heavy atom. The highest BCUT2D eigenvalue weighted by molar-refractivity contribution is 8.00. The van der Waals surface area contributed by atoms with Crippen LogP contribution in [0.5, 0.6) is 0 Å². The summed E-state index contributed by atoms with van der Waals surface area (Å²) in [6, 6.07) is 1.55. The van der Waals surface area contributed by atoms with Gasteiger partial charge in [0.2, 0.25) is 0 Å². The third-order valence-electron chi connectivity index (χ3n) is 2.03. The largest absolute Gasteiger partial charge is 0.360 e. The number of nitrogens with two attached hydrogens (primary N) is 1. The Morgan fingerprint density at radius 1 is 1.67 bits per heavy atom. The second kappa shape index (κ2) is 5.94. The highest BCUT2D eigenvalue weighted by atomic mass is 32.2. The molecule has 0 aliphatic rings. The minimum Gasteiger partial charge on any atom is -0.360 e. The number of thioether (sulfide) groups is 1. The van der Waals surface area contributed by atoms with Gasteiger partial charge in [0.25, 0.3) is 5.91 Å². The average molecular weight is 285 g/mol. The van der Waals surface area contributed by atoms with E-state index < -0.39 is 5.91 Å². The van der Waals surface area contributed by atoms with Crippen molar-refractivity contribution in [3.63, 3.8) is 0 Å². The van der Waals surface area contributed by atoms with Gasteiger partial charge in [-0.05, 0) is 11.5 Å². The summed E-state index contributed by atoms with van der Waals surface area (Å²) in [5.74, 6) is 6.49. The Bertz CT molecular complexity index is 539. The molecule has 0 atom stereocenters. The van der Waals surface area contributed by atoms with Crippen LogP contribution in [0.25, 0.3) is 0 Å². The van der Waals surface area contributed by atoms with Crippen molar-refractivity contribution < 1.29 is 9.32 Å². The molecule has 0 saturated carbocycles. The van der Waals surface area contributed by atoms with Crippen LogP contribution in [0.3, 0.4) is 0 Å². The Balaban J connectivity index is 1.93. The smallest absolute Gasteiger partial charge is 0.287 e. The number of rotatable bonds is 5. The zero-order chi connectivity index (χ0) is 13.0. The van der Waals surface area contributed by atoms with Gasteiger partial charge in [-0.1, -0.05) is 23.8 Å². The number of nitrogens with zero attached hydrogens (tertiary/aromatic N) is 3. The molecule has 0 aromatic carbocycles. The maximum atomic E-state index is 11.2. The van der Waals surface area contributed by atoms with E-state index >= 15 is 0 Å². The van der Waals surface area contributed by atoms with Gasteiger partial charge in [-0.15, -0.1) is 0 Å². The molecule has 3 N–H and O–H groups in total. The summed E-state index contributed by atoms with van der Waals surface area (Å²) in [4.78, 5) is 15.5. The van der Waals surface area contributed by atoms with Crippen LogP contribution in [0, 0.1) is 0 Å². The summed E-state index contributed by atoms with van der Waals surface area (Å²) in [5, 5.41) is 3.61.